The van der Waals surface area contributed by atoms with Gasteiger partial charge in [0.25, 0.3) is 0 Å². The number of benzene rings is 1. The normalized spacial score (nSPS) is 12.3. The highest BCUT2D eigenvalue weighted by atomic mass is 32.2. The van der Waals surface area contributed by atoms with Crippen molar-refractivity contribution in [2.75, 3.05) is 5.75 Å². The summed E-state index contributed by atoms with van der Waals surface area (Å²) in [6.45, 7) is 6.02. The van der Waals surface area contributed by atoms with Gasteiger partial charge in [0, 0.05) is 5.56 Å². The maximum atomic E-state index is 12.3. The van der Waals surface area contributed by atoms with Crippen LogP contribution < -0.4 is 0 Å². The Bertz CT molecular complexity index is 580. The van der Waals surface area contributed by atoms with Crippen molar-refractivity contribution in [1.82, 2.24) is 10.2 Å². The molecule has 2 rings (SSSR count). The van der Waals surface area contributed by atoms with Gasteiger partial charge in [0.05, 0.1) is 5.25 Å². The molecule has 0 saturated heterocycles. The molecule has 0 spiro atoms. The number of hydrogen-bond donors (Lipinski definition) is 0. The molecule has 6 heteroatoms. The van der Waals surface area contributed by atoms with E-state index in [1.807, 2.05) is 38.1 Å². The average molecular weight is 324 g/mol. The van der Waals surface area contributed by atoms with E-state index in [1.54, 1.807) is 23.1 Å². The van der Waals surface area contributed by atoms with Crippen LogP contribution in [0.2, 0.25) is 0 Å². The average Bonchev–Trinajstić information content (AvgIpc) is 2.86. The molecule has 106 valence electrons. The predicted octanol–water partition coefficient (Wildman–Crippen LogP) is 4.32. The van der Waals surface area contributed by atoms with Crippen LogP contribution in [0.5, 0.6) is 0 Å². The molecule has 0 N–H and O–H groups in total. The smallest absolute Gasteiger partial charge is 0.175 e. The summed E-state index contributed by atoms with van der Waals surface area (Å²) in [4.78, 5) is 12.3. The second kappa shape index (κ2) is 7.24. The molecule has 0 aliphatic carbocycles. The Morgan fingerprint density at radius 3 is 2.55 bits per heavy atom. The van der Waals surface area contributed by atoms with E-state index in [4.69, 9.17) is 0 Å². The largest absolute Gasteiger partial charge is 0.293 e. The summed E-state index contributed by atoms with van der Waals surface area (Å²) in [5.41, 5.74) is 1.91. The zero-order chi connectivity index (χ0) is 14.5. The standard InChI is InChI=1S/C14H16N2OS3/c1-4-18-13-15-16-14(20-13)19-10(3)12(17)11-7-5-9(2)6-8-11/h5-8,10H,4H2,1-3H3. The van der Waals surface area contributed by atoms with Gasteiger partial charge in [-0.25, -0.2) is 0 Å². The Morgan fingerprint density at radius 1 is 1.25 bits per heavy atom. The van der Waals surface area contributed by atoms with Gasteiger partial charge < -0.3 is 0 Å². The van der Waals surface area contributed by atoms with E-state index in [-0.39, 0.29) is 11.0 Å². The number of ketones is 1. The highest BCUT2D eigenvalue weighted by molar-refractivity contribution is 8.03. The van der Waals surface area contributed by atoms with Crippen molar-refractivity contribution in [3.05, 3.63) is 35.4 Å². The molecular weight excluding hydrogens is 308 g/mol. The molecule has 1 aromatic heterocycles. The number of aromatic nitrogens is 2. The molecule has 20 heavy (non-hydrogen) atoms. The summed E-state index contributed by atoms with van der Waals surface area (Å²) < 4.78 is 1.82. The lowest BCUT2D eigenvalue weighted by molar-refractivity contribution is 0.0994. The van der Waals surface area contributed by atoms with Crippen LogP contribution in [0.25, 0.3) is 0 Å². The molecule has 0 amide bonds. The van der Waals surface area contributed by atoms with Crippen LogP contribution in [-0.2, 0) is 0 Å². The van der Waals surface area contributed by atoms with Gasteiger partial charge in [-0.2, -0.15) is 0 Å². The van der Waals surface area contributed by atoms with Gasteiger partial charge in [0.15, 0.2) is 14.5 Å². The molecule has 0 bridgehead atoms. The molecular formula is C14H16N2OS3. The number of carbonyl (C=O) groups is 1. The second-order valence-corrected chi connectivity index (χ2v) is 8.33. The minimum Gasteiger partial charge on any atom is -0.293 e. The van der Waals surface area contributed by atoms with Crippen LogP contribution in [0.3, 0.4) is 0 Å². The SMILES string of the molecule is CCSc1nnc(SC(C)C(=O)c2ccc(C)cc2)s1. The van der Waals surface area contributed by atoms with Crippen LogP contribution in [0.1, 0.15) is 29.8 Å². The summed E-state index contributed by atoms with van der Waals surface area (Å²) in [6.07, 6.45) is 0. The van der Waals surface area contributed by atoms with E-state index in [1.165, 1.54) is 11.8 Å². The minimum absolute atomic E-state index is 0.134. The monoisotopic (exact) mass is 324 g/mol. The molecule has 0 radical (unpaired) electrons. The van der Waals surface area contributed by atoms with Crippen molar-refractivity contribution in [2.24, 2.45) is 0 Å². The number of Topliss-reactive ketones (excluding diaryl/α,β-unsaturated/α-hetero) is 1. The number of rotatable bonds is 6. The third-order valence-electron chi connectivity index (χ3n) is 2.64. The minimum atomic E-state index is -0.148. The van der Waals surface area contributed by atoms with Crippen LogP contribution >= 0.6 is 34.9 Å². The number of hydrogen-bond acceptors (Lipinski definition) is 6. The lowest BCUT2D eigenvalue weighted by Crippen LogP contribution is -2.13. The van der Waals surface area contributed by atoms with Crippen molar-refractivity contribution < 1.29 is 4.79 Å². The second-order valence-electron chi connectivity index (χ2n) is 4.26. The topological polar surface area (TPSA) is 42.9 Å². The Morgan fingerprint density at radius 2 is 1.90 bits per heavy atom. The fraction of sp³-hybridized carbons (Fsp3) is 0.357. The molecule has 3 nitrogen and oxygen atoms in total. The lowest BCUT2D eigenvalue weighted by Gasteiger charge is -2.07. The Hall–Kier alpha value is -0.850. The molecule has 0 saturated carbocycles. The number of aryl methyl sites for hydroxylation is 1. The van der Waals surface area contributed by atoms with E-state index >= 15 is 0 Å². The fourth-order valence-corrected chi connectivity index (χ4v) is 4.72. The number of carbonyl (C=O) groups excluding carboxylic acids is 1. The number of nitrogens with zero attached hydrogens (tertiary/aromatic N) is 2. The first-order valence-corrected chi connectivity index (χ1v) is 9.02. The maximum Gasteiger partial charge on any atom is 0.175 e. The highest BCUT2D eigenvalue weighted by Crippen LogP contribution is 2.32. The fourth-order valence-electron chi connectivity index (χ4n) is 1.58. The number of thioether (sulfide) groups is 2. The van der Waals surface area contributed by atoms with Crippen molar-refractivity contribution >= 4 is 40.6 Å². The van der Waals surface area contributed by atoms with Gasteiger partial charge in [-0.1, -0.05) is 71.6 Å². The summed E-state index contributed by atoms with van der Waals surface area (Å²) in [6, 6.07) is 7.69. The van der Waals surface area contributed by atoms with Crippen LogP contribution in [0.4, 0.5) is 0 Å². The third-order valence-corrected chi connectivity index (χ3v) is 5.76. The van der Waals surface area contributed by atoms with Gasteiger partial charge >= 0.3 is 0 Å². The molecule has 0 fully saturated rings. The summed E-state index contributed by atoms with van der Waals surface area (Å²) >= 11 is 4.71. The Labute approximate surface area is 131 Å². The van der Waals surface area contributed by atoms with Crippen molar-refractivity contribution in [3.8, 4) is 0 Å². The van der Waals surface area contributed by atoms with E-state index in [2.05, 4.69) is 17.1 Å². The predicted molar refractivity (Wildman–Crippen MR) is 87.1 cm³/mol. The molecule has 0 aliphatic rings. The van der Waals surface area contributed by atoms with Crippen molar-refractivity contribution in [3.63, 3.8) is 0 Å². The zero-order valence-corrected chi connectivity index (χ0v) is 14.1. The van der Waals surface area contributed by atoms with Gasteiger partial charge in [0.2, 0.25) is 0 Å². The van der Waals surface area contributed by atoms with E-state index in [0.717, 1.165) is 25.6 Å². The first kappa shape index (κ1) is 15.5. The van der Waals surface area contributed by atoms with Crippen LogP contribution in [0, 0.1) is 6.92 Å². The zero-order valence-electron chi connectivity index (χ0n) is 11.6. The molecule has 1 unspecified atom stereocenters. The quantitative estimate of drug-likeness (QED) is 0.585. The summed E-state index contributed by atoms with van der Waals surface area (Å²) in [5.74, 6) is 1.12. The maximum absolute atomic E-state index is 12.3. The molecule has 0 aliphatic heterocycles. The van der Waals surface area contributed by atoms with E-state index in [0.29, 0.717) is 0 Å². The first-order valence-electron chi connectivity index (χ1n) is 6.34. The molecule has 1 heterocycles. The lowest BCUT2D eigenvalue weighted by atomic mass is 10.1. The van der Waals surface area contributed by atoms with E-state index < -0.39 is 0 Å². The molecule has 2 aromatic rings. The van der Waals surface area contributed by atoms with Gasteiger partial charge in [-0.05, 0) is 19.6 Å². The van der Waals surface area contributed by atoms with Crippen molar-refractivity contribution in [2.45, 2.75) is 34.7 Å². The highest BCUT2D eigenvalue weighted by Gasteiger charge is 2.18. The van der Waals surface area contributed by atoms with Crippen molar-refractivity contribution in [1.29, 1.82) is 0 Å². The summed E-state index contributed by atoms with van der Waals surface area (Å²) in [7, 11) is 0. The van der Waals surface area contributed by atoms with Gasteiger partial charge in [-0.15, -0.1) is 10.2 Å². The van der Waals surface area contributed by atoms with Gasteiger partial charge in [-0.3, -0.25) is 4.79 Å². The van der Waals surface area contributed by atoms with Crippen LogP contribution in [0.15, 0.2) is 32.9 Å². The first-order chi connectivity index (χ1) is 9.60. The molecule has 1 aromatic carbocycles. The van der Waals surface area contributed by atoms with Crippen LogP contribution in [-0.4, -0.2) is 27.0 Å². The Kier molecular flexibility index (Phi) is 5.63. The third kappa shape index (κ3) is 4.07. The Balaban J connectivity index is 2.01. The van der Waals surface area contributed by atoms with E-state index in [9.17, 15) is 4.79 Å². The molecule has 1 atom stereocenters. The summed E-state index contributed by atoms with van der Waals surface area (Å²) in [5, 5.41) is 8.08. The van der Waals surface area contributed by atoms with Gasteiger partial charge in [0.1, 0.15) is 0 Å².